The van der Waals surface area contributed by atoms with Crippen molar-refractivity contribution in [1.29, 1.82) is 0 Å². The Labute approximate surface area is 275 Å². The predicted molar refractivity (Wildman–Crippen MR) is 183 cm³/mol. The van der Waals surface area contributed by atoms with Crippen LogP contribution in [0, 0.1) is 0 Å². The van der Waals surface area contributed by atoms with Gasteiger partial charge in [-0.15, -0.1) is 10.2 Å². The van der Waals surface area contributed by atoms with Crippen molar-refractivity contribution in [1.82, 2.24) is 10.2 Å². The lowest BCUT2D eigenvalue weighted by atomic mass is 9.95. The number of nitrogens with zero attached hydrogens (tertiary/aromatic N) is 3. The van der Waals surface area contributed by atoms with E-state index in [4.69, 9.17) is 9.47 Å². The van der Waals surface area contributed by atoms with Crippen LogP contribution in [0.3, 0.4) is 0 Å². The summed E-state index contributed by atoms with van der Waals surface area (Å²) in [6.45, 7) is 4.90. The van der Waals surface area contributed by atoms with Gasteiger partial charge in [0.1, 0.15) is 5.76 Å². The molecular formula is C36H33N3O5S2. The molecule has 1 aliphatic rings. The molecule has 8 nitrogen and oxygen atoms in total. The van der Waals surface area contributed by atoms with E-state index in [1.54, 1.807) is 42.5 Å². The van der Waals surface area contributed by atoms with Gasteiger partial charge in [-0.05, 0) is 47.4 Å². The zero-order valence-electron chi connectivity index (χ0n) is 25.5. The Morgan fingerprint density at radius 1 is 0.913 bits per heavy atom. The second-order valence-electron chi connectivity index (χ2n) is 10.7. The Hall–Kier alpha value is -4.67. The number of unbranched alkanes of at least 4 members (excludes halogenated alkanes) is 1. The number of ketones is 1. The zero-order valence-corrected chi connectivity index (χ0v) is 27.1. The average molecular weight is 652 g/mol. The molecule has 10 heteroatoms. The summed E-state index contributed by atoms with van der Waals surface area (Å²) in [4.78, 5) is 28.7. The fourth-order valence-corrected chi connectivity index (χ4v) is 7.29. The average Bonchev–Trinajstić information content (AvgIpc) is 3.66. The molecule has 1 amide bonds. The van der Waals surface area contributed by atoms with Crippen LogP contribution >= 0.6 is 23.1 Å². The van der Waals surface area contributed by atoms with Gasteiger partial charge in [-0.2, -0.15) is 0 Å². The summed E-state index contributed by atoms with van der Waals surface area (Å²) in [5.74, 6) is -0.128. The number of thioether (sulfide) groups is 1. The van der Waals surface area contributed by atoms with E-state index in [2.05, 4.69) is 41.4 Å². The number of ether oxygens (including phenoxy) is 2. The van der Waals surface area contributed by atoms with Gasteiger partial charge < -0.3 is 14.6 Å². The molecule has 46 heavy (non-hydrogen) atoms. The number of aliphatic hydroxyl groups excluding tert-OH is 1. The van der Waals surface area contributed by atoms with Crippen LogP contribution < -0.4 is 14.4 Å². The first-order valence-corrected chi connectivity index (χ1v) is 17.0. The Morgan fingerprint density at radius 2 is 1.70 bits per heavy atom. The SMILES string of the molecule is CCCCOc1ccc(C2C(=C(O)c3ccccc3)C(=O)C(=O)N2c2nnc(SCc3cccc4ccccc34)s2)cc1OCC. The number of aliphatic hydroxyl groups is 1. The molecule has 0 spiro atoms. The molecule has 234 valence electrons. The highest BCUT2D eigenvalue weighted by atomic mass is 32.2. The van der Waals surface area contributed by atoms with Crippen molar-refractivity contribution in [3.05, 3.63) is 113 Å². The van der Waals surface area contributed by atoms with E-state index in [1.807, 2.05) is 31.2 Å². The fourth-order valence-electron chi connectivity index (χ4n) is 5.42. The summed E-state index contributed by atoms with van der Waals surface area (Å²) in [5, 5.41) is 22.8. The van der Waals surface area contributed by atoms with Crippen molar-refractivity contribution in [3.63, 3.8) is 0 Å². The summed E-state index contributed by atoms with van der Waals surface area (Å²) < 4.78 is 12.6. The van der Waals surface area contributed by atoms with E-state index in [0.29, 0.717) is 45.9 Å². The van der Waals surface area contributed by atoms with E-state index in [9.17, 15) is 14.7 Å². The van der Waals surface area contributed by atoms with Gasteiger partial charge in [-0.3, -0.25) is 14.5 Å². The number of aromatic nitrogens is 2. The third-order valence-electron chi connectivity index (χ3n) is 7.66. The summed E-state index contributed by atoms with van der Waals surface area (Å²) in [5.41, 5.74) is 2.13. The summed E-state index contributed by atoms with van der Waals surface area (Å²) >= 11 is 2.75. The Balaban J connectivity index is 1.38. The minimum Gasteiger partial charge on any atom is -0.507 e. The molecule has 1 fully saturated rings. The minimum absolute atomic E-state index is 0.0292. The second-order valence-corrected chi connectivity index (χ2v) is 12.8. The largest absolute Gasteiger partial charge is 0.507 e. The van der Waals surface area contributed by atoms with Crippen molar-refractivity contribution in [2.24, 2.45) is 0 Å². The van der Waals surface area contributed by atoms with E-state index < -0.39 is 17.7 Å². The second kappa shape index (κ2) is 14.2. The molecule has 1 aromatic heterocycles. The van der Waals surface area contributed by atoms with Crippen LogP contribution in [-0.2, 0) is 15.3 Å². The van der Waals surface area contributed by atoms with Crippen LogP contribution in [0.5, 0.6) is 11.5 Å². The Morgan fingerprint density at radius 3 is 2.50 bits per heavy atom. The lowest BCUT2D eigenvalue weighted by Gasteiger charge is -2.23. The summed E-state index contributed by atoms with van der Waals surface area (Å²) in [6.07, 6.45) is 1.88. The molecule has 1 saturated heterocycles. The number of fused-ring (bicyclic) bond motifs is 1. The number of benzene rings is 4. The molecule has 6 rings (SSSR count). The maximum Gasteiger partial charge on any atom is 0.301 e. The molecule has 2 heterocycles. The number of rotatable bonds is 12. The lowest BCUT2D eigenvalue weighted by Crippen LogP contribution is -2.29. The highest BCUT2D eigenvalue weighted by Gasteiger charge is 2.48. The summed E-state index contributed by atoms with van der Waals surface area (Å²) in [7, 11) is 0. The van der Waals surface area contributed by atoms with Crippen LogP contribution in [0.4, 0.5) is 5.13 Å². The number of carbonyl (C=O) groups excluding carboxylic acids is 2. The molecular weight excluding hydrogens is 619 g/mol. The number of hydrogen-bond donors (Lipinski definition) is 1. The van der Waals surface area contributed by atoms with E-state index in [-0.39, 0.29) is 16.5 Å². The molecule has 1 atom stereocenters. The molecule has 1 N–H and O–H groups in total. The Bertz CT molecular complexity index is 1900. The highest BCUT2D eigenvalue weighted by molar-refractivity contribution is 8.00. The van der Waals surface area contributed by atoms with Gasteiger partial charge in [0.25, 0.3) is 5.78 Å². The lowest BCUT2D eigenvalue weighted by molar-refractivity contribution is -0.132. The van der Waals surface area contributed by atoms with Crippen LogP contribution in [-0.4, -0.2) is 40.2 Å². The zero-order chi connectivity index (χ0) is 32.0. The fraction of sp³-hybridized carbons (Fsp3) is 0.222. The monoisotopic (exact) mass is 651 g/mol. The normalized spacial score (nSPS) is 15.9. The standard InChI is InChI=1S/C36H33N3O5S2/c1-3-5-20-44-28-19-18-25(21-29(28)43-4-2)31-30(32(40)24-13-7-6-8-14-24)33(41)34(42)39(31)35-37-38-36(46-35)45-22-26-16-11-15-23-12-9-10-17-27(23)26/h6-19,21,31,40H,3-5,20,22H2,1-2H3. The van der Waals surface area contributed by atoms with E-state index >= 15 is 0 Å². The number of amides is 1. The number of carbonyl (C=O) groups is 2. The smallest absolute Gasteiger partial charge is 0.301 e. The molecule has 0 saturated carbocycles. The topological polar surface area (TPSA) is 102 Å². The van der Waals surface area contributed by atoms with Crippen molar-refractivity contribution < 1.29 is 24.2 Å². The van der Waals surface area contributed by atoms with Gasteiger partial charge in [0.2, 0.25) is 5.13 Å². The van der Waals surface area contributed by atoms with Crippen LogP contribution in [0.2, 0.25) is 0 Å². The van der Waals surface area contributed by atoms with E-state index in [1.165, 1.54) is 33.4 Å². The van der Waals surface area contributed by atoms with E-state index in [0.717, 1.165) is 23.8 Å². The maximum atomic E-state index is 13.7. The van der Waals surface area contributed by atoms with Crippen LogP contribution in [0.15, 0.2) is 101 Å². The molecule has 5 aromatic rings. The van der Waals surface area contributed by atoms with Gasteiger partial charge >= 0.3 is 5.91 Å². The molecule has 1 aliphatic heterocycles. The Kier molecular flexibility index (Phi) is 9.65. The molecule has 0 bridgehead atoms. The molecule has 1 unspecified atom stereocenters. The summed E-state index contributed by atoms with van der Waals surface area (Å²) in [6, 6.07) is 27.5. The number of hydrogen-bond acceptors (Lipinski definition) is 9. The first kappa shape index (κ1) is 31.3. The first-order valence-electron chi connectivity index (χ1n) is 15.2. The van der Waals surface area contributed by atoms with Crippen molar-refractivity contribution in [3.8, 4) is 11.5 Å². The van der Waals surface area contributed by atoms with Gasteiger partial charge in [-0.1, -0.05) is 115 Å². The quantitative estimate of drug-likeness (QED) is 0.0360. The highest BCUT2D eigenvalue weighted by Crippen LogP contribution is 2.45. The van der Waals surface area contributed by atoms with Gasteiger partial charge in [-0.25, -0.2) is 0 Å². The number of anilines is 1. The molecule has 0 radical (unpaired) electrons. The third kappa shape index (κ3) is 6.36. The minimum atomic E-state index is -0.965. The van der Waals surface area contributed by atoms with Crippen molar-refractivity contribution >= 4 is 56.5 Å². The van der Waals surface area contributed by atoms with Gasteiger partial charge in [0, 0.05) is 11.3 Å². The van der Waals surface area contributed by atoms with Crippen LogP contribution in [0.25, 0.3) is 16.5 Å². The first-order chi connectivity index (χ1) is 22.5. The molecule has 4 aromatic carbocycles. The molecule has 0 aliphatic carbocycles. The van der Waals surface area contributed by atoms with Gasteiger partial charge in [0.05, 0.1) is 24.8 Å². The van der Waals surface area contributed by atoms with Crippen molar-refractivity contribution in [2.75, 3.05) is 18.1 Å². The number of Topliss-reactive ketones (excluding diaryl/α,β-unsaturated/α-hetero) is 1. The third-order valence-corrected chi connectivity index (χ3v) is 9.77. The van der Waals surface area contributed by atoms with Crippen molar-refractivity contribution in [2.45, 2.75) is 42.8 Å². The maximum absolute atomic E-state index is 13.7. The van der Waals surface area contributed by atoms with Crippen LogP contribution in [0.1, 0.15) is 49.4 Å². The van der Waals surface area contributed by atoms with Gasteiger partial charge in [0.15, 0.2) is 15.8 Å². The predicted octanol–water partition coefficient (Wildman–Crippen LogP) is 8.19.